The van der Waals surface area contributed by atoms with E-state index in [1.807, 2.05) is 0 Å². The lowest BCUT2D eigenvalue weighted by Crippen LogP contribution is -2.57. The second-order valence-electron chi connectivity index (χ2n) is 7.36. The molecule has 17 heteroatoms. The number of fused-ring (bicyclic) bond motifs is 1. The number of nitrogen functional groups attached to an aromatic ring is 1. The number of rotatable bonds is 8. The zero-order chi connectivity index (χ0) is 24.0. The van der Waals surface area contributed by atoms with Gasteiger partial charge < -0.3 is 41.2 Å². The van der Waals surface area contributed by atoms with Gasteiger partial charge in [0.1, 0.15) is 36.5 Å². The molecule has 9 N–H and O–H groups in total. The zero-order valence-corrected chi connectivity index (χ0v) is 17.7. The van der Waals surface area contributed by atoms with E-state index in [0.29, 0.717) is 5.69 Å². The number of H-pyrrole nitrogens is 1. The third kappa shape index (κ3) is 4.14. The van der Waals surface area contributed by atoms with Crippen LogP contribution in [0.4, 0.5) is 5.82 Å². The molecule has 3 aromatic heterocycles. The van der Waals surface area contributed by atoms with Gasteiger partial charge in [-0.1, -0.05) is 0 Å². The maximum Gasteiger partial charge on any atom is 0.469 e. The minimum atomic E-state index is -4.94. The van der Waals surface area contributed by atoms with Crippen LogP contribution < -0.4 is 11.5 Å². The number of nitrogens with zero attached hydrogens (tertiary/aromatic N) is 5. The number of imidazole rings is 2. The highest BCUT2D eigenvalue weighted by Gasteiger charge is 2.62. The van der Waals surface area contributed by atoms with Crippen molar-refractivity contribution >= 4 is 30.6 Å². The molecule has 5 atom stereocenters. The van der Waals surface area contributed by atoms with E-state index < -0.39 is 50.3 Å². The number of phosphoric acid groups is 1. The van der Waals surface area contributed by atoms with Crippen molar-refractivity contribution in [3.63, 3.8) is 0 Å². The van der Waals surface area contributed by atoms with E-state index in [2.05, 4.69) is 29.4 Å². The first kappa shape index (κ1) is 23.3. The summed E-state index contributed by atoms with van der Waals surface area (Å²) in [6.07, 6.45) is -0.192. The van der Waals surface area contributed by atoms with Crippen LogP contribution in [0.25, 0.3) is 11.2 Å². The normalized spacial score (nSPS) is 26.6. The quantitative estimate of drug-likeness (QED) is 0.159. The number of aliphatic hydroxyl groups is 2. The standard InChI is InChI=1S/C16H21N8O8P/c17-8(1-7-2-19-4-20-7)12(26)16(24-6-23-10-14(18)21-5-22-15(10)24)13(27)11(25)9(32-16)3-31-33(28,29)30/h2,4-6,8-9,11,13,25,27H,1,3,17H2,(H,19,20)(H2,18,21,22)(H2,28,29,30)/t8-,9+,11+,13+,16+/m0/s1. The average molecular weight is 484 g/mol. The number of anilines is 1. The lowest BCUT2D eigenvalue weighted by atomic mass is 9.92. The van der Waals surface area contributed by atoms with Crippen LogP contribution in [0.15, 0.2) is 25.2 Å². The molecule has 1 aliphatic rings. The highest BCUT2D eigenvalue weighted by atomic mass is 31.2. The molecule has 1 fully saturated rings. The van der Waals surface area contributed by atoms with Gasteiger partial charge in [-0.2, -0.15) is 0 Å². The van der Waals surface area contributed by atoms with Crippen molar-refractivity contribution < 1.29 is 38.6 Å². The van der Waals surface area contributed by atoms with Gasteiger partial charge in [-0.15, -0.1) is 0 Å². The summed E-state index contributed by atoms with van der Waals surface area (Å²) in [5.41, 5.74) is 10.1. The largest absolute Gasteiger partial charge is 0.469 e. The molecule has 3 aromatic rings. The first-order valence-corrected chi connectivity index (χ1v) is 11.0. The topological polar surface area (TPSA) is 258 Å². The molecule has 0 amide bonds. The van der Waals surface area contributed by atoms with E-state index in [1.165, 1.54) is 12.5 Å². The first-order valence-electron chi connectivity index (χ1n) is 9.50. The van der Waals surface area contributed by atoms with Crippen molar-refractivity contribution in [1.82, 2.24) is 29.5 Å². The fourth-order valence-corrected chi connectivity index (χ4v) is 4.05. The van der Waals surface area contributed by atoms with E-state index in [1.54, 1.807) is 0 Å². The molecule has 0 radical (unpaired) electrons. The summed E-state index contributed by atoms with van der Waals surface area (Å²) < 4.78 is 22.4. The first-order chi connectivity index (χ1) is 15.5. The lowest BCUT2D eigenvalue weighted by Gasteiger charge is -2.34. The Balaban J connectivity index is 1.79. The molecule has 178 valence electrons. The van der Waals surface area contributed by atoms with Gasteiger partial charge in [0.25, 0.3) is 0 Å². The van der Waals surface area contributed by atoms with Crippen molar-refractivity contribution in [2.75, 3.05) is 12.3 Å². The van der Waals surface area contributed by atoms with Crippen molar-refractivity contribution in [3.8, 4) is 0 Å². The van der Waals surface area contributed by atoms with Crippen LogP contribution in [-0.4, -0.2) is 86.2 Å². The van der Waals surface area contributed by atoms with Crippen LogP contribution >= 0.6 is 7.82 Å². The molecule has 0 bridgehead atoms. The van der Waals surface area contributed by atoms with Gasteiger partial charge in [-0.3, -0.25) is 13.9 Å². The molecule has 33 heavy (non-hydrogen) atoms. The van der Waals surface area contributed by atoms with Crippen LogP contribution in [-0.2, 0) is 30.8 Å². The van der Waals surface area contributed by atoms with Gasteiger partial charge >= 0.3 is 7.82 Å². The fraction of sp³-hybridized carbons (Fsp3) is 0.438. The van der Waals surface area contributed by atoms with Gasteiger partial charge in [-0.25, -0.2) is 24.5 Å². The van der Waals surface area contributed by atoms with Crippen molar-refractivity contribution in [2.24, 2.45) is 5.73 Å². The Morgan fingerprint density at radius 1 is 1.33 bits per heavy atom. The number of aliphatic hydroxyl groups excluding tert-OH is 2. The van der Waals surface area contributed by atoms with Crippen LogP contribution in [0.1, 0.15) is 5.69 Å². The van der Waals surface area contributed by atoms with Gasteiger partial charge in [0, 0.05) is 12.6 Å². The van der Waals surface area contributed by atoms with E-state index >= 15 is 0 Å². The number of nitrogens with two attached hydrogens (primary N) is 2. The van der Waals surface area contributed by atoms with E-state index in [-0.39, 0.29) is 23.4 Å². The fourth-order valence-electron chi connectivity index (χ4n) is 3.71. The number of hydrogen-bond donors (Lipinski definition) is 7. The Hall–Kier alpha value is -2.82. The molecular weight excluding hydrogens is 463 g/mol. The van der Waals surface area contributed by atoms with Gasteiger partial charge in [0.05, 0.1) is 24.7 Å². The third-order valence-electron chi connectivity index (χ3n) is 5.24. The van der Waals surface area contributed by atoms with Crippen LogP contribution in [0.2, 0.25) is 0 Å². The number of ketones is 1. The second kappa shape index (κ2) is 8.51. The highest BCUT2D eigenvalue weighted by molar-refractivity contribution is 7.46. The molecule has 0 aliphatic carbocycles. The zero-order valence-electron chi connectivity index (χ0n) is 16.8. The maximum absolute atomic E-state index is 13.6. The van der Waals surface area contributed by atoms with Crippen molar-refractivity contribution in [1.29, 1.82) is 0 Å². The monoisotopic (exact) mass is 484 g/mol. The Labute approximate surface area is 184 Å². The average Bonchev–Trinajstić information content (AvgIpc) is 3.47. The summed E-state index contributed by atoms with van der Waals surface area (Å²) in [6, 6.07) is -1.28. The Bertz CT molecular complexity index is 1200. The molecule has 0 saturated carbocycles. The minimum absolute atomic E-state index is 0.00868. The summed E-state index contributed by atoms with van der Waals surface area (Å²) in [6.45, 7) is -0.837. The van der Waals surface area contributed by atoms with Crippen molar-refractivity contribution in [2.45, 2.75) is 36.5 Å². The van der Waals surface area contributed by atoms with Gasteiger partial charge in [0.2, 0.25) is 11.5 Å². The van der Waals surface area contributed by atoms with Crippen molar-refractivity contribution in [3.05, 3.63) is 30.9 Å². The summed E-state index contributed by atoms with van der Waals surface area (Å²) >= 11 is 0. The Kier molecular flexibility index (Phi) is 6.02. The summed E-state index contributed by atoms with van der Waals surface area (Å²) in [5.74, 6) is -0.899. The highest BCUT2D eigenvalue weighted by Crippen LogP contribution is 2.42. The molecule has 1 aliphatic heterocycles. The van der Waals surface area contributed by atoms with Gasteiger partial charge in [0.15, 0.2) is 11.5 Å². The molecule has 16 nitrogen and oxygen atoms in total. The predicted octanol–water partition coefficient (Wildman–Crippen LogP) is -2.85. The molecule has 0 unspecified atom stereocenters. The Morgan fingerprint density at radius 3 is 2.76 bits per heavy atom. The maximum atomic E-state index is 13.6. The van der Waals surface area contributed by atoms with E-state index in [0.717, 1.165) is 17.2 Å². The third-order valence-corrected chi connectivity index (χ3v) is 5.72. The van der Waals surface area contributed by atoms with Gasteiger partial charge in [-0.05, 0) is 0 Å². The number of hydrogen-bond acceptors (Lipinski definition) is 12. The second-order valence-corrected chi connectivity index (χ2v) is 8.59. The summed E-state index contributed by atoms with van der Waals surface area (Å²) in [5, 5.41) is 21.6. The Morgan fingerprint density at radius 2 is 2.09 bits per heavy atom. The van der Waals surface area contributed by atoms with Crippen LogP contribution in [0, 0.1) is 0 Å². The SMILES string of the molecule is Nc1ncnc2c1ncn2[C@]1(C(=O)[C@@H](N)Cc2c[nH]cn2)O[C@H](COP(=O)(O)O)[C@@H](O)[C@H]1O. The van der Waals surface area contributed by atoms with Crippen LogP contribution in [0.3, 0.4) is 0 Å². The number of nitrogens with one attached hydrogen (secondary N) is 1. The molecule has 0 spiro atoms. The number of carbonyl (C=O) groups excluding carboxylic acids is 1. The molecule has 1 saturated heterocycles. The van der Waals surface area contributed by atoms with E-state index in [9.17, 15) is 19.6 Å². The summed E-state index contributed by atoms with van der Waals surface area (Å²) in [4.78, 5) is 50.3. The number of aromatic amines is 1. The smallest absolute Gasteiger partial charge is 0.387 e. The summed E-state index contributed by atoms with van der Waals surface area (Å²) in [7, 11) is -4.94. The molecular formula is C16H21N8O8P. The predicted molar refractivity (Wildman–Crippen MR) is 108 cm³/mol. The number of aromatic nitrogens is 6. The molecule has 4 heterocycles. The number of Topliss-reactive ketones (excluding diaryl/α,β-unsaturated/α-hetero) is 1. The molecule has 0 aromatic carbocycles. The number of phosphoric ester groups is 1. The molecule has 4 rings (SSSR count). The number of ether oxygens (including phenoxy) is 1. The van der Waals surface area contributed by atoms with E-state index in [4.69, 9.17) is 26.0 Å². The minimum Gasteiger partial charge on any atom is -0.387 e. The van der Waals surface area contributed by atoms with Crippen LogP contribution in [0.5, 0.6) is 0 Å². The lowest BCUT2D eigenvalue weighted by molar-refractivity contribution is -0.175. The number of carbonyl (C=O) groups is 1.